The van der Waals surface area contributed by atoms with Crippen LogP contribution >= 0.6 is 0 Å². The standard InChI is InChI=1S/C14H20FNO/c1-10-3-2-4-11(10)8-16-9-12-7-13(15)5-6-14(12)17/h5-7,10-11,16-17H,2-4,8-9H2,1H3. The second kappa shape index (κ2) is 5.50. The molecule has 1 saturated carbocycles. The second-order valence-corrected chi connectivity index (χ2v) is 5.07. The Morgan fingerprint density at radius 2 is 2.24 bits per heavy atom. The molecule has 0 aliphatic heterocycles. The molecule has 17 heavy (non-hydrogen) atoms. The van der Waals surface area contributed by atoms with Crippen LogP contribution in [0.3, 0.4) is 0 Å². The monoisotopic (exact) mass is 237 g/mol. The minimum Gasteiger partial charge on any atom is -0.508 e. The maximum Gasteiger partial charge on any atom is 0.123 e. The van der Waals surface area contributed by atoms with Crippen molar-refractivity contribution in [1.29, 1.82) is 0 Å². The van der Waals surface area contributed by atoms with Crippen molar-refractivity contribution < 1.29 is 9.50 Å². The minimum atomic E-state index is -0.297. The van der Waals surface area contributed by atoms with Crippen LogP contribution in [0.15, 0.2) is 18.2 Å². The lowest BCUT2D eigenvalue weighted by Crippen LogP contribution is -2.24. The molecule has 1 fully saturated rings. The van der Waals surface area contributed by atoms with Crippen LogP contribution in [-0.4, -0.2) is 11.7 Å². The fourth-order valence-corrected chi connectivity index (χ4v) is 2.61. The number of phenols is 1. The third-order valence-electron chi connectivity index (χ3n) is 3.80. The number of phenolic OH excluding ortho intramolecular Hbond substituents is 1. The Morgan fingerprint density at radius 1 is 1.41 bits per heavy atom. The maximum atomic E-state index is 13.0. The van der Waals surface area contributed by atoms with Gasteiger partial charge in [-0.05, 0) is 43.0 Å². The lowest BCUT2D eigenvalue weighted by atomic mass is 9.98. The summed E-state index contributed by atoms with van der Waals surface area (Å²) in [6.07, 6.45) is 3.92. The molecular formula is C14H20FNO. The highest BCUT2D eigenvalue weighted by Crippen LogP contribution is 2.30. The molecule has 1 aromatic rings. The van der Waals surface area contributed by atoms with Crippen LogP contribution in [0.5, 0.6) is 5.75 Å². The molecule has 0 amide bonds. The first-order chi connectivity index (χ1) is 8.16. The number of hydrogen-bond acceptors (Lipinski definition) is 2. The smallest absolute Gasteiger partial charge is 0.123 e. The van der Waals surface area contributed by atoms with E-state index in [4.69, 9.17) is 0 Å². The quantitative estimate of drug-likeness (QED) is 0.843. The zero-order chi connectivity index (χ0) is 12.3. The average molecular weight is 237 g/mol. The van der Waals surface area contributed by atoms with E-state index < -0.39 is 0 Å². The molecule has 94 valence electrons. The van der Waals surface area contributed by atoms with Crippen molar-refractivity contribution in [2.75, 3.05) is 6.54 Å². The van der Waals surface area contributed by atoms with Gasteiger partial charge in [0.05, 0.1) is 0 Å². The first-order valence-electron chi connectivity index (χ1n) is 6.35. The topological polar surface area (TPSA) is 32.3 Å². The van der Waals surface area contributed by atoms with E-state index in [0.717, 1.165) is 18.4 Å². The lowest BCUT2D eigenvalue weighted by Gasteiger charge is -2.16. The summed E-state index contributed by atoms with van der Waals surface area (Å²) in [5, 5.41) is 12.9. The molecule has 2 N–H and O–H groups in total. The summed E-state index contributed by atoms with van der Waals surface area (Å²) in [5.74, 6) is 1.38. The van der Waals surface area contributed by atoms with E-state index in [9.17, 15) is 9.50 Å². The van der Waals surface area contributed by atoms with Gasteiger partial charge in [0.1, 0.15) is 11.6 Å². The zero-order valence-corrected chi connectivity index (χ0v) is 10.2. The highest BCUT2D eigenvalue weighted by Gasteiger charge is 2.22. The van der Waals surface area contributed by atoms with E-state index >= 15 is 0 Å². The Morgan fingerprint density at radius 3 is 2.94 bits per heavy atom. The summed E-state index contributed by atoms with van der Waals surface area (Å²) in [7, 11) is 0. The summed E-state index contributed by atoms with van der Waals surface area (Å²) >= 11 is 0. The number of aromatic hydroxyl groups is 1. The highest BCUT2D eigenvalue weighted by molar-refractivity contribution is 5.32. The van der Waals surface area contributed by atoms with Crippen LogP contribution in [-0.2, 0) is 6.54 Å². The highest BCUT2D eigenvalue weighted by atomic mass is 19.1. The largest absolute Gasteiger partial charge is 0.508 e. The number of nitrogens with one attached hydrogen (secondary N) is 1. The van der Waals surface area contributed by atoms with Crippen LogP contribution in [0, 0.1) is 17.7 Å². The van der Waals surface area contributed by atoms with Crippen molar-refractivity contribution >= 4 is 0 Å². The van der Waals surface area contributed by atoms with Gasteiger partial charge in [0.25, 0.3) is 0 Å². The van der Waals surface area contributed by atoms with Gasteiger partial charge < -0.3 is 10.4 Å². The van der Waals surface area contributed by atoms with Gasteiger partial charge in [0.15, 0.2) is 0 Å². The van der Waals surface area contributed by atoms with E-state index in [-0.39, 0.29) is 11.6 Å². The SMILES string of the molecule is CC1CCCC1CNCc1cc(F)ccc1O. The molecule has 0 aromatic heterocycles. The molecular weight excluding hydrogens is 217 g/mol. The molecule has 0 spiro atoms. The Labute approximate surface area is 102 Å². The van der Waals surface area contributed by atoms with E-state index in [2.05, 4.69) is 12.2 Å². The number of hydrogen-bond donors (Lipinski definition) is 2. The minimum absolute atomic E-state index is 0.165. The molecule has 1 aliphatic rings. The first-order valence-corrected chi connectivity index (χ1v) is 6.35. The van der Waals surface area contributed by atoms with Gasteiger partial charge >= 0.3 is 0 Å². The second-order valence-electron chi connectivity index (χ2n) is 5.07. The summed E-state index contributed by atoms with van der Waals surface area (Å²) in [4.78, 5) is 0. The first kappa shape index (κ1) is 12.4. The van der Waals surface area contributed by atoms with Crippen LogP contribution in [0.1, 0.15) is 31.7 Å². The molecule has 2 nitrogen and oxygen atoms in total. The van der Waals surface area contributed by atoms with Crippen LogP contribution in [0.2, 0.25) is 0 Å². The van der Waals surface area contributed by atoms with Crippen molar-refractivity contribution in [3.8, 4) is 5.75 Å². The fourth-order valence-electron chi connectivity index (χ4n) is 2.61. The average Bonchev–Trinajstić information content (AvgIpc) is 2.70. The van der Waals surface area contributed by atoms with Crippen molar-refractivity contribution in [1.82, 2.24) is 5.32 Å². The predicted octanol–water partition coefficient (Wildman–Crippen LogP) is 3.06. The van der Waals surface area contributed by atoms with E-state index in [0.29, 0.717) is 12.1 Å². The van der Waals surface area contributed by atoms with E-state index in [1.165, 1.54) is 37.5 Å². The van der Waals surface area contributed by atoms with Gasteiger partial charge in [0, 0.05) is 12.1 Å². The molecule has 2 unspecified atom stereocenters. The fraction of sp³-hybridized carbons (Fsp3) is 0.571. The third-order valence-corrected chi connectivity index (χ3v) is 3.80. The predicted molar refractivity (Wildman–Crippen MR) is 66.3 cm³/mol. The van der Waals surface area contributed by atoms with Gasteiger partial charge in [-0.15, -0.1) is 0 Å². The Hall–Kier alpha value is -1.09. The van der Waals surface area contributed by atoms with Gasteiger partial charge in [0.2, 0.25) is 0 Å². The lowest BCUT2D eigenvalue weighted by molar-refractivity contribution is 0.389. The molecule has 1 aliphatic carbocycles. The molecule has 0 heterocycles. The number of rotatable bonds is 4. The van der Waals surface area contributed by atoms with Crippen LogP contribution < -0.4 is 5.32 Å². The van der Waals surface area contributed by atoms with E-state index in [1.807, 2.05) is 0 Å². The van der Waals surface area contributed by atoms with Crippen molar-refractivity contribution in [2.45, 2.75) is 32.7 Å². The van der Waals surface area contributed by atoms with Gasteiger partial charge in [-0.2, -0.15) is 0 Å². The van der Waals surface area contributed by atoms with Crippen molar-refractivity contribution in [2.24, 2.45) is 11.8 Å². The van der Waals surface area contributed by atoms with Gasteiger partial charge in [-0.25, -0.2) is 4.39 Å². The van der Waals surface area contributed by atoms with Crippen molar-refractivity contribution in [3.63, 3.8) is 0 Å². The van der Waals surface area contributed by atoms with Crippen LogP contribution in [0.4, 0.5) is 4.39 Å². The third kappa shape index (κ3) is 3.19. The Kier molecular flexibility index (Phi) is 4.00. The number of halogens is 1. The number of benzene rings is 1. The molecule has 1 aromatic carbocycles. The molecule has 2 atom stereocenters. The maximum absolute atomic E-state index is 13.0. The Bertz CT molecular complexity index is 380. The van der Waals surface area contributed by atoms with Gasteiger partial charge in [-0.3, -0.25) is 0 Å². The van der Waals surface area contributed by atoms with Crippen LogP contribution in [0.25, 0.3) is 0 Å². The molecule has 0 bridgehead atoms. The summed E-state index contributed by atoms with van der Waals surface area (Å²) in [5.41, 5.74) is 0.635. The molecule has 0 saturated heterocycles. The molecule has 2 rings (SSSR count). The molecule has 3 heteroatoms. The summed E-state index contributed by atoms with van der Waals surface area (Å²) in [6.45, 7) is 3.78. The molecule has 0 radical (unpaired) electrons. The van der Waals surface area contributed by atoms with Gasteiger partial charge in [-0.1, -0.05) is 19.8 Å². The Balaban J connectivity index is 1.83. The normalized spacial score (nSPS) is 24.1. The zero-order valence-electron chi connectivity index (χ0n) is 10.2. The van der Waals surface area contributed by atoms with Crippen molar-refractivity contribution in [3.05, 3.63) is 29.6 Å². The van der Waals surface area contributed by atoms with E-state index in [1.54, 1.807) is 0 Å². The summed E-state index contributed by atoms with van der Waals surface area (Å²) in [6, 6.07) is 4.07. The summed E-state index contributed by atoms with van der Waals surface area (Å²) < 4.78 is 13.0.